The molecule has 0 aliphatic rings. The largest absolute Gasteiger partial charge is 0.328 e. The molecule has 0 aliphatic carbocycles. The Kier molecular flexibility index (Phi) is 5.91. The lowest BCUT2D eigenvalue weighted by atomic mass is 9.92. The molecule has 0 spiro atoms. The molecule has 0 aliphatic heterocycles. The molecule has 78 valence electrons. The summed E-state index contributed by atoms with van der Waals surface area (Å²) in [6.07, 6.45) is 1.64. The summed E-state index contributed by atoms with van der Waals surface area (Å²) in [5, 5.41) is 0. The number of hydrogen-bond acceptors (Lipinski definition) is 3. The first-order chi connectivity index (χ1) is 5.97. The molecular formula is C10H22N2O. The minimum atomic E-state index is -0.463. The van der Waals surface area contributed by atoms with E-state index in [1.54, 1.807) is 0 Å². The average Bonchev–Trinajstić information content (AvgIpc) is 2.01. The third-order valence-electron chi connectivity index (χ3n) is 2.09. The fourth-order valence-corrected chi connectivity index (χ4v) is 1.51. The van der Waals surface area contributed by atoms with Gasteiger partial charge in [-0.05, 0) is 18.3 Å². The maximum Gasteiger partial charge on any atom is 0.151 e. The molecule has 13 heavy (non-hydrogen) atoms. The molecule has 2 atom stereocenters. The summed E-state index contributed by atoms with van der Waals surface area (Å²) in [4.78, 5) is 11.4. The minimum Gasteiger partial charge on any atom is -0.328 e. The molecule has 0 aromatic heterocycles. The molecule has 0 aromatic rings. The van der Waals surface area contributed by atoms with Crippen molar-refractivity contribution in [3.8, 4) is 0 Å². The second-order valence-electron chi connectivity index (χ2n) is 4.25. The van der Waals surface area contributed by atoms with Crippen molar-refractivity contribution < 1.29 is 4.79 Å². The predicted molar refractivity (Wildman–Crippen MR) is 55.3 cm³/mol. The topological polar surface area (TPSA) is 69.1 Å². The van der Waals surface area contributed by atoms with Gasteiger partial charge in [0.05, 0.1) is 6.04 Å². The standard InChI is InChI=1S/C10H22N2O/c1-7(2)4-8(3)5-10(13)9(12)6-11/h7-9H,4-6,11-12H2,1-3H3/t8-,9-/m0/s1. The van der Waals surface area contributed by atoms with E-state index in [1.807, 2.05) is 0 Å². The SMILES string of the molecule is CC(C)C[C@H](C)CC(=O)[C@@H](N)CN. The van der Waals surface area contributed by atoms with Gasteiger partial charge < -0.3 is 11.5 Å². The van der Waals surface area contributed by atoms with Gasteiger partial charge in [0.25, 0.3) is 0 Å². The van der Waals surface area contributed by atoms with Crippen molar-refractivity contribution in [3.63, 3.8) is 0 Å². The van der Waals surface area contributed by atoms with Crippen LogP contribution in [0.15, 0.2) is 0 Å². The monoisotopic (exact) mass is 186 g/mol. The minimum absolute atomic E-state index is 0.0932. The van der Waals surface area contributed by atoms with Crippen molar-refractivity contribution in [2.75, 3.05) is 6.54 Å². The number of nitrogens with two attached hydrogens (primary N) is 2. The number of carbonyl (C=O) groups excluding carboxylic acids is 1. The highest BCUT2D eigenvalue weighted by Gasteiger charge is 2.15. The predicted octanol–water partition coefficient (Wildman–Crippen LogP) is 0.914. The Labute approximate surface area is 80.9 Å². The third-order valence-corrected chi connectivity index (χ3v) is 2.09. The summed E-state index contributed by atoms with van der Waals surface area (Å²) in [5.41, 5.74) is 10.8. The number of ketones is 1. The lowest BCUT2D eigenvalue weighted by molar-refractivity contribution is -0.120. The summed E-state index contributed by atoms with van der Waals surface area (Å²) in [6, 6.07) is -0.463. The van der Waals surface area contributed by atoms with E-state index in [2.05, 4.69) is 20.8 Å². The van der Waals surface area contributed by atoms with E-state index in [4.69, 9.17) is 11.5 Å². The first-order valence-corrected chi connectivity index (χ1v) is 4.95. The zero-order chi connectivity index (χ0) is 10.4. The first kappa shape index (κ1) is 12.6. The molecule has 3 heteroatoms. The lowest BCUT2D eigenvalue weighted by Crippen LogP contribution is -2.38. The zero-order valence-corrected chi connectivity index (χ0v) is 8.92. The average molecular weight is 186 g/mol. The van der Waals surface area contributed by atoms with Crippen molar-refractivity contribution in [1.82, 2.24) is 0 Å². The summed E-state index contributed by atoms with van der Waals surface area (Å²) in [7, 11) is 0. The van der Waals surface area contributed by atoms with Gasteiger partial charge in [-0.15, -0.1) is 0 Å². The summed E-state index contributed by atoms with van der Waals surface area (Å²) < 4.78 is 0. The Morgan fingerprint density at radius 2 is 1.85 bits per heavy atom. The number of hydrogen-bond donors (Lipinski definition) is 2. The third kappa shape index (κ3) is 5.77. The van der Waals surface area contributed by atoms with E-state index in [1.165, 1.54) is 0 Å². The highest BCUT2D eigenvalue weighted by Crippen LogP contribution is 2.15. The van der Waals surface area contributed by atoms with Gasteiger partial charge in [-0.2, -0.15) is 0 Å². The summed E-state index contributed by atoms with van der Waals surface area (Å²) in [6.45, 7) is 6.65. The Balaban J connectivity index is 3.77. The Bertz CT molecular complexity index is 157. The number of Topliss-reactive ketones (excluding diaryl/α,β-unsaturated/α-hetero) is 1. The van der Waals surface area contributed by atoms with Crippen molar-refractivity contribution >= 4 is 5.78 Å². The van der Waals surface area contributed by atoms with Gasteiger partial charge in [-0.1, -0.05) is 20.8 Å². The van der Waals surface area contributed by atoms with Crippen LogP contribution in [0.3, 0.4) is 0 Å². The Hall–Kier alpha value is -0.410. The first-order valence-electron chi connectivity index (χ1n) is 4.95. The van der Waals surface area contributed by atoms with Gasteiger partial charge in [-0.3, -0.25) is 4.79 Å². The molecule has 0 unspecified atom stereocenters. The van der Waals surface area contributed by atoms with Crippen LogP contribution in [0, 0.1) is 11.8 Å². The number of rotatable bonds is 6. The summed E-state index contributed by atoms with van der Waals surface area (Å²) in [5.74, 6) is 1.15. The molecule has 0 aromatic carbocycles. The molecular weight excluding hydrogens is 164 g/mol. The van der Waals surface area contributed by atoms with Crippen LogP contribution in [-0.4, -0.2) is 18.4 Å². The maximum absolute atomic E-state index is 11.4. The Morgan fingerprint density at radius 3 is 2.23 bits per heavy atom. The Morgan fingerprint density at radius 1 is 1.31 bits per heavy atom. The highest BCUT2D eigenvalue weighted by molar-refractivity contribution is 5.84. The zero-order valence-electron chi connectivity index (χ0n) is 8.92. The second kappa shape index (κ2) is 6.11. The van der Waals surface area contributed by atoms with Gasteiger partial charge in [-0.25, -0.2) is 0 Å². The van der Waals surface area contributed by atoms with Crippen molar-refractivity contribution in [2.24, 2.45) is 23.3 Å². The van der Waals surface area contributed by atoms with Crippen LogP contribution in [0.1, 0.15) is 33.6 Å². The molecule has 4 N–H and O–H groups in total. The van der Waals surface area contributed by atoms with Gasteiger partial charge in [0.15, 0.2) is 5.78 Å². The molecule has 0 radical (unpaired) electrons. The molecule has 0 bridgehead atoms. The molecule has 0 saturated carbocycles. The lowest BCUT2D eigenvalue weighted by Gasteiger charge is -2.15. The molecule has 0 rings (SSSR count). The van der Waals surface area contributed by atoms with Crippen molar-refractivity contribution in [1.29, 1.82) is 0 Å². The van der Waals surface area contributed by atoms with Crippen LogP contribution in [0.2, 0.25) is 0 Å². The van der Waals surface area contributed by atoms with Gasteiger partial charge in [0, 0.05) is 13.0 Å². The molecule has 3 nitrogen and oxygen atoms in total. The fourth-order valence-electron chi connectivity index (χ4n) is 1.51. The van der Waals surface area contributed by atoms with Crippen molar-refractivity contribution in [2.45, 2.75) is 39.7 Å². The molecule has 0 saturated heterocycles. The van der Waals surface area contributed by atoms with E-state index in [-0.39, 0.29) is 12.3 Å². The number of carbonyl (C=O) groups is 1. The van der Waals surface area contributed by atoms with Gasteiger partial charge >= 0.3 is 0 Å². The summed E-state index contributed by atoms with van der Waals surface area (Å²) >= 11 is 0. The normalized spacial score (nSPS) is 15.8. The van der Waals surface area contributed by atoms with Gasteiger partial charge in [0.2, 0.25) is 0 Å². The van der Waals surface area contributed by atoms with Gasteiger partial charge in [0.1, 0.15) is 0 Å². The van der Waals surface area contributed by atoms with E-state index in [0.717, 1.165) is 6.42 Å². The fraction of sp³-hybridized carbons (Fsp3) is 0.900. The van der Waals surface area contributed by atoms with E-state index >= 15 is 0 Å². The molecule has 0 fully saturated rings. The van der Waals surface area contributed by atoms with Crippen LogP contribution in [0.25, 0.3) is 0 Å². The smallest absolute Gasteiger partial charge is 0.151 e. The van der Waals surface area contributed by atoms with Crippen LogP contribution in [0.4, 0.5) is 0 Å². The maximum atomic E-state index is 11.4. The molecule has 0 amide bonds. The van der Waals surface area contributed by atoms with Crippen LogP contribution in [-0.2, 0) is 4.79 Å². The van der Waals surface area contributed by atoms with E-state index in [9.17, 15) is 4.79 Å². The highest BCUT2D eigenvalue weighted by atomic mass is 16.1. The van der Waals surface area contributed by atoms with E-state index < -0.39 is 6.04 Å². The van der Waals surface area contributed by atoms with Crippen molar-refractivity contribution in [3.05, 3.63) is 0 Å². The quantitative estimate of drug-likeness (QED) is 0.648. The van der Waals surface area contributed by atoms with E-state index in [0.29, 0.717) is 18.3 Å². The molecule has 0 heterocycles. The van der Waals surface area contributed by atoms with Crippen LogP contribution >= 0.6 is 0 Å². The van der Waals surface area contributed by atoms with Crippen LogP contribution < -0.4 is 11.5 Å². The van der Waals surface area contributed by atoms with Crippen LogP contribution in [0.5, 0.6) is 0 Å². The second-order valence-corrected chi connectivity index (χ2v) is 4.25.